The van der Waals surface area contributed by atoms with E-state index in [1.807, 2.05) is 6.08 Å². The number of rotatable bonds is 3. The molecule has 0 bridgehead atoms. The minimum atomic E-state index is 0.358. The monoisotopic (exact) mass is 188 g/mol. The van der Waals surface area contributed by atoms with Gasteiger partial charge >= 0.3 is 0 Å². The van der Waals surface area contributed by atoms with E-state index in [1.165, 1.54) is 11.1 Å². The largest absolute Gasteiger partial charge is 0.103 e. The molecule has 0 aliphatic heterocycles. The molecular weight excluding hydrogens is 168 g/mol. The van der Waals surface area contributed by atoms with Gasteiger partial charge in [-0.2, -0.15) is 0 Å². The van der Waals surface area contributed by atoms with Gasteiger partial charge in [-0.3, -0.25) is 0 Å². The van der Waals surface area contributed by atoms with Crippen molar-refractivity contribution in [2.24, 2.45) is 5.41 Å². The second-order valence-corrected chi connectivity index (χ2v) is 5.00. The first-order valence-corrected chi connectivity index (χ1v) is 5.20. The maximum absolute atomic E-state index is 3.79. The van der Waals surface area contributed by atoms with Crippen molar-refractivity contribution in [1.82, 2.24) is 0 Å². The van der Waals surface area contributed by atoms with Crippen molar-refractivity contribution in [1.29, 1.82) is 0 Å². The Kier molecular flexibility index (Phi) is 3.51. The predicted octanol–water partition coefficient (Wildman–Crippen LogP) is 4.00. The van der Waals surface area contributed by atoms with Gasteiger partial charge < -0.3 is 0 Å². The molecule has 0 aromatic heterocycles. The molecule has 0 aliphatic carbocycles. The van der Waals surface area contributed by atoms with Crippen molar-refractivity contribution >= 4 is 0 Å². The van der Waals surface area contributed by atoms with Crippen LogP contribution in [0.15, 0.2) is 36.9 Å². The van der Waals surface area contributed by atoms with E-state index in [9.17, 15) is 0 Å². The quantitative estimate of drug-likeness (QED) is 0.629. The van der Waals surface area contributed by atoms with Gasteiger partial charge in [-0.25, -0.2) is 0 Å². The molecule has 1 aromatic carbocycles. The van der Waals surface area contributed by atoms with Gasteiger partial charge in [0.05, 0.1) is 0 Å². The molecule has 0 saturated heterocycles. The zero-order valence-corrected chi connectivity index (χ0v) is 9.51. The summed E-state index contributed by atoms with van der Waals surface area (Å²) in [5, 5.41) is 0. The number of allylic oxidation sites excluding steroid dienone is 1. The summed E-state index contributed by atoms with van der Waals surface area (Å²) in [4.78, 5) is 0. The molecule has 0 amide bonds. The molecule has 0 saturated carbocycles. The van der Waals surface area contributed by atoms with Crippen LogP contribution in [0, 0.1) is 5.41 Å². The van der Waals surface area contributed by atoms with Gasteiger partial charge in [0.25, 0.3) is 0 Å². The van der Waals surface area contributed by atoms with Crippen molar-refractivity contribution in [2.45, 2.75) is 33.6 Å². The lowest BCUT2D eigenvalue weighted by Gasteiger charge is -2.20. The molecule has 14 heavy (non-hydrogen) atoms. The Hall–Kier alpha value is -1.04. The molecule has 0 aliphatic rings. The lowest BCUT2D eigenvalue weighted by molar-refractivity contribution is 0.410. The van der Waals surface area contributed by atoms with E-state index in [-0.39, 0.29) is 0 Å². The standard InChI is InChI=1S/C14H20/c1-5-8-12-9-6-7-10-13(12)11-14(2,3)4/h5-7,9-10H,1,8,11H2,2-4H3. The van der Waals surface area contributed by atoms with Crippen molar-refractivity contribution in [3.8, 4) is 0 Å². The summed E-state index contributed by atoms with van der Waals surface area (Å²) in [5.74, 6) is 0. The fraction of sp³-hybridized carbons (Fsp3) is 0.429. The first-order valence-electron chi connectivity index (χ1n) is 5.20. The third kappa shape index (κ3) is 3.37. The van der Waals surface area contributed by atoms with Crippen LogP contribution in [0.4, 0.5) is 0 Å². The first kappa shape index (κ1) is 11.0. The Balaban J connectivity index is 2.89. The van der Waals surface area contributed by atoms with Gasteiger partial charge in [0.1, 0.15) is 0 Å². The summed E-state index contributed by atoms with van der Waals surface area (Å²) in [7, 11) is 0. The highest BCUT2D eigenvalue weighted by molar-refractivity contribution is 5.29. The lowest BCUT2D eigenvalue weighted by Crippen LogP contribution is -2.10. The third-order valence-electron chi connectivity index (χ3n) is 2.20. The maximum Gasteiger partial charge on any atom is -0.00974 e. The molecular formula is C14H20. The second kappa shape index (κ2) is 4.45. The zero-order chi connectivity index (χ0) is 10.6. The summed E-state index contributed by atoms with van der Waals surface area (Å²) in [6.07, 6.45) is 4.09. The van der Waals surface area contributed by atoms with Crippen molar-refractivity contribution < 1.29 is 0 Å². The Morgan fingerprint density at radius 3 is 2.21 bits per heavy atom. The number of hydrogen-bond donors (Lipinski definition) is 0. The molecule has 76 valence electrons. The van der Waals surface area contributed by atoms with Crippen molar-refractivity contribution in [3.05, 3.63) is 48.0 Å². The molecule has 0 heteroatoms. The molecule has 0 heterocycles. The van der Waals surface area contributed by atoms with Crippen molar-refractivity contribution in [2.75, 3.05) is 0 Å². The normalized spacial score (nSPS) is 11.4. The molecule has 1 aromatic rings. The van der Waals surface area contributed by atoms with Crippen LogP contribution < -0.4 is 0 Å². The van der Waals surface area contributed by atoms with Crippen LogP contribution in [0.5, 0.6) is 0 Å². The third-order valence-corrected chi connectivity index (χ3v) is 2.20. The predicted molar refractivity (Wildman–Crippen MR) is 63.5 cm³/mol. The van der Waals surface area contributed by atoms with Crippen LogP contribution in [0.2, 0.25) is 0 Å². The van der Waals surface area contributed by atoms with Gasteiger partial charge in [-0.15, -0.1) is 6.58 Å². The van der Waals surface area contributed by atoms with E-state index in [0.29, 0.717) is 5.41 Å². The van der Waals surface area contributed by atoms with Crippen LogP contribution >= 0.6 is 0 Å². The fourth-order valence-corrected chi connectivity index (χ4v) is 1.66. The Morgan fingerprint density at radius 2 is 1.71 bits per heavy atom. The summed E-state index contributed by atoms with van der Waals surface area (Å²) < 4.78 is 0. The Bertz CT molecular complexity index is 302. The van der Waals surface area contributed by atoms with E-state index in [1.54, 1.807) is 0 Å². The molecule has 0 radical (unpaired) electrons. The number of benzene rings is 1. The van der Waals surface area contributed by atoms with E-state index >= 15 is 0 Å². The molecule has 1 rings (SSSR count). The highest BCUT2D eigenvalue weighted by atomic mass is 14.2. The average Bonchev–Trinajstić information content (AvgIpc) is 2.06. The molecule has 0 atom stereocenters. The van der Waals surface area contributed by atoms with E-state index < -0.39 is 0 Å². The maximum atomic E-state index is 3.79. The van der Waals surface area contributed by atoms with E-state index in [4.69, 9.17) is 0 Å². The second-order valence-electron chi connectivity index (χ2n) is 5.00. The van der Waals surface area contributed by atoms with Crippen LogP contribution in [-0.4, -0.2) is 0 Å². The summed E-state index contributed by atoms with van der Waals surface area (Å²) in [6, 6.07) is 8.64. The van der Waals surface area contributed by atoms with E-state index in [0.717, 1.165) is 12.8 Å². The van der Waals surface area contributed by atoms with Gasteiger partial charge in [-0.05, 0) is 29.4 Å². The highest BCUT2D eigenvalue weighted by Crippen LogP contribution is 2.23. The molecule has 0 unspecified atom stereocenters. The zero-order valence-electron chi connectivity index (χ0n) is 9.51. The Labute approximate surface area is 87.7 Å². The first-order chi connectivity index (χ1) is 6.53. The lowest BCUT2D eigenvalue weighted by atomic mass is 9.86. The van der Waals surface area contributed by atoms with E-state index in [2.05, 4.69) is 51.6 Å². The van der Waals surface area contributed by atoms with Crippen LogP contribution in [0.3, 0.4) is 0 Å². The highest BCUT2D eigenvalue weighted by Gasteiger charge is 2.12. The number of hydrogen-bond acceptors (Lipinski definition) is 0. The fourth-order valence-electron chi connectivity index (χ4n) is 1.66. The summed E-state index contributed by atoms with van der Waals surface area (Å²) in [6.45, 7) is 10.6. The minimum Gasteiger partial charge on any atom is -0.103 e. The average molecular weight is 188 g/mol. The smallest absolute Gasteiger partial charge is 0.00974 e. The molecule has 0 nitrogen and oxygen atoms in total. The summed E-state index contributed by atoms with van der Waals surface area (Å²) >= 11 is 0. The van der Waals surface area contributed by atoms with Gasteiger partial charge in [0, 0.05) is 0 Å². The molecule has 0 N–H and O–H groups in total. The molecule has 0 spiro atoms. The van der Waals surface area contributed by atoms with Gasteiger partial charge in [0.15, 0.2) is 0 Å². The van der Waals surface area contributed by atoms with Gasteiger partial charge in [0.2, 0.25) is 0 Å². The van der Waals surface area contributed by atoms with Crippen LogP contribution in [0.25, 0.3) is 0 Å². The summed E-state index contributed by atoms with van der Waals surface area (Å²) in [5.41, 5.74) is 3.23. The van der Waals surface area contributed by atoms with Gasteiger partial charge in [-0.1, -0.05) is 51.1 Å². The molecule has 0 fully saturated rings. The SMILES string of the molecule is C=CCc1ccccc1CC(C)(C)C. The van der Waals surface area contributed by atoms with Crippen LogP contribution in [0.1, 0.15) is 31.9 Å². The topological polar surface area (TPSA) is 0 Å². The van der Waals surface area contributed by atoms with Crippen LogP contribution in [-0.2, 0) is 12.8 Å². The minimum absolute atomic E-state index is 0.358. The van der Waals surface area contributed by atoms with Crippen molar-refractivity contribution in [3.63, 3.8) is 0 Å². The Morgan fingerprint density at radius 1 is 1.14 bits per heavy atom.